The maximum atomic E-state index is 11.3. The van der Waals surface area contributed by atoms with Crippen LogP contribution in [0.25, 0.3) is 0 Å². The van der Waals surface area contributed by atoms with Crippen molar-refractivity contribution in [1.29, 1.82) is 0 Å². The van der Waals surface area contributed by atoms with Crippen LogP contribution in [0.2, 0.25) is 0 Å². The Kier molecular flexibility index (Phi) is 3.03. The molecule has 1 aromatic rings. The second-order valence-corrected chi connectivity index (χ2v) is 4.27. The Morgan fingerprint density at radius 2 is 2.38 bits per heavy atom. The van der Waals surface area contributed by atoms with Crippen molar-refractivity contribution in [2.75, 3.05) is 18.9 Å². The molecular formula is C11H16N4O. The first kappa shape index (κ1) is 10.9. The molecule has 0 aromatic carbocycles. The van der Waals surface area contributed by atoms with E-state index >= 15 is 0 Å². The molecule has 1 fully saturated rings. The van der Waals surface area contributed by atoms with Crippen molar-refractivity contribution in [1.82, 2.24) is 15.1 Å². The highest BCUT2D eigenvalue weighted by molar-refractivity contribution is 5.77. The van der Waals surface area contributed by atoms with E-state index in [1.165, 1.54) is 0 Å². The summed E-state index contributed by atoms with van der Waals surface area (Å²) < 4.78 is 0. The zero-order valence-corrected chi connectivity index (χ0v) is 9.60. The van der Waals surface area contributed by atoms with Gasteiger partial charge >= 0.3 is 0 Å². The lowest BCUT2D eigenvalue weighted by atomic mass is 10.1. The Morgan fingerprint density at radius 1 is 1.56 bits per heavy atom. The first-order valence-corrected chi connectivity index (χ1v) is 5.45. The molecule has 0 spiro atoms. The molecular weight excluding hydrogens is 204 g/mol. The summed E-state index contributed by atoms with van der Waals surface area (Å²) in [5.74, 6) is 1.00. The highest BCUT2D eigenvalue weighted by Crippen LogP contribution is 2.14. The van der Waals surface area contributed by atoms with Gasteiger partial charge in [-0.1, -0.05) is 0 Å². The number of aromatic nitrogens is 2. The Labute approximate surface area is 94.9 Å². The number of anilines is 1. The fourth-order valence-electron chi connectivity index (χ4n) is 1.87. The predicted octanol–water partition coefficient (Wildman–Crippen LogP) is 0.818. The third kappa shape index (κ3) is 2.48. The summed E-state index contributed by atoms with van der Waals surface area (Å²) in [6, 6.07) is 2.24. The highest BCUT2D eigenvalue weighted by Gasteiger charge is 2.22. The van der Waals surface area contributed by atoms with Crippen LogP contribution in [0.5, 0.6) is 0 Å². The minimum absolute atomic E-state index is 0.216. The zero-order valence-electron chi connectivity index (χ0n) is 9.60. The number of aryl methyl sites for hydroxylation is 1. The van der Waals surface area contributed by atoms with E-state index in [0.717, 1.165) is 24.3 Å². The van der Waals surface area contributed by atoms with Crippen LogP contribution in [0.3, 0.4) is 0 Å². The summed E-state index contributed by atoms with van der Waals surface area (Å²) in [5, 5.41) is 11.2. The van der Waals surface area contributed by atoms with Crippen molar-refractivity contribution in [3.63, 3.8) is 0 Å². The Balaban J connectivity index is 1.98. The van der Waals surface area contributed by atoms with E-state index in [9.17, 15) is 4.79 Å². The maximum absolute atomic E-state index is 11.3. The van der Waals surface area contributed by atoms with Crippen molar-refractivity contribution in [3.8, 4) is 0 Å². The van der Waals surface area contributed by atoms with Crippen LogP contribution in [0, 0.1) is 6.92 Å². The van der Waals surface area contributed by atoms with E-state index in [-0.39, 0.29) is 11.9 Å². The molecule has 0 bridgehead atoms. The summed E-state index contributed by atoms with van der Waals surface area (Å²) in [4.78, 5) is 13.1. The molecule has 0 radical (unpaired) electrons. The number of likely N-dealkylation sites (tertiary alicyclic amines) is 1. The van der Waals surface area contributed by atoms with E-state index in [4.69, 9.17) is 0 Å². The molecule has 1 aliphatic heterocycles. The van der Waals surface area contributed by atoms with Gasteiger partial charge in [-0.3, -0.25) is 4.79 Å². The second kappa shape index (κ2) is 4.47. The first-order chi connectivity index (χ1) is 7.65. The molecule has 5 heteroatoms. The minimum Gasteiger partial charge on any atom is -0.364 e. The van der Waals surface area contributed by atoms with Gasteiger partial charge < -0.3 is 10.2 Å². The van der Waals surface area contributed by atoms with Gasteiger partial charge in [0.1, 0.15) is 5.82 Å². The SMILES string of the molecule is Cc1cnnc(NC2CCC(=O)N(C)C2)c1. The number of carbonyl (C=O) groups is 1. The van der Waals surface area contributed by atoms with E-state index < -0.39 is 0 Å². The van der Waals surface area contributed by atoms with Gasteiger partial charge in [-0.15, -0.1) is 5.10 Å². The Bertz CT molecular complexity index is 393. The first-order valence-electron chi connectivity index (χ1n) is 5.45. The smallest absolute Gasteiger partial charge is 0.222 e. The largest absolute Gasteiger partial charge is 0.364 e. The minimum atomic E-state index is 0.216. The lowest BCUT2D eigenvalue weighted by Crippen LogP contribution is -2.43. The van der Waals surface area contributed by atoms with Gasteiger partial charge in [0.05, 0.1) is 6.20 Å². The molecule has 0 saturated carbocycles. The van der Waals surface area contributed by atoms with Gasteiger partial charge in [-0.05, 0) is 25.0 Å². The van der Waals surface area contributed by atoms with Crippen molar-refractivity contribution >= 4 is 11.7 Å². The highest BCUT2D eigenvalue weighted by atomic mass is 16.2. The summed E-state index contributed by atoms with van der Waals surface area (Å²) in [7, 11) is 1.83. The van der Waals surface area contributed by atoms with E-state index in [2.05, 4.69) is 15.5 Å². The number of likely N-dealkylation sites (N-methyl/N-ethyl adjacent to an activating group) is 1. The van der Waals surface area contributed by atoms with Crippen LogP contribution in [0.1, 0.15) is 18.4 Å². The van der Waals surface area contributed by atoms with Crippen molar-refractivity contribution in [2.45, 2.75) is 25.8 Å². The van der Waals surface area contributed by atoms with Gasteiger partial charge in [0.25, 0.3) is 0 Å². The molecule has 5 nitrogen and oxygen atoms in total. The normalized spacial score (nSPS) is 21.0. The van der Waals surface area contributed by atoms with Crippen LogP contribution < -0.4 is 5.32 Å². The zero-order chi connectivity index (χ0) is 11.5. The molecule has 0 aliphatic carbocycles. The van der Waals surface area contributed by atoms with Crippen LogP contribution in [-0.4, -0.2) is 40.6 Å². The molecule has 1 saturated heterocycles. The number of hydrogen-bond donors (Lipinski definition) is 1. The van der Waals surface area contributed by atoms with Gasteiger partial charge in [-0.2, -0.15) is 5.10 Å². The Morgan fingerprint density at radius 3 is 3.06 bits per heavy atom. The number of rotatable bonds is 2. The topological polar surface area (TPSA) is 58.1 Å². The monoisotopic (exact) mass is 220 g/mol. The number of piperidine rings is 1. The third-order valence-corrected chi connectivity index (χ3v) is 2.77. The summed E-state index contributed by atoms with van der Waals surface area (Å²) in [6.45, 7) is 2.71. The number of amides is 1. The van der Waals surface area contributed by atoms with E-state index in [1.807, 2.05) is 20.0 Å². The van der Waals surface area contributed by atoms with Crippen LogP contribution >= 0.6 is 0 Å². The van der Waals surface area contributed by atoms with Crippen molar-refractivity contribution in [3.05, 3.63) is 17.8 Å². The maximum Gasteiger partial charge on any atom is 0.222 e. The Hall–Kier alpha value is -1.65. The lowest BCUT2D eigenvalue weighted by molar-refractivity contribution is -0.132. The van der Waals surface area contributed by atoms with Gasteiger partial charge in [0.15, 0.2) is 0 Å². The van der Waals surface area contributed by atoms with E-state index in [1.54, 1.807) is 11.1 Å². The predicted molar refractivity (Wildman–Crippen MR) is 61.1 cm³/mol. The molecule has 1 amide bonds. The molecule has 1 unspecified atom stereocenters. The fourth-order valence-corrected chi connectivity index (χ4v) is 1.87. The lowest BCUT2D eigenvalue weighted by Gasteiger charge is -2.30. The standard InChI is InChI=1S/C11H16N4O/c1-8-5-10(14-12-6-8)13-9-3-4-11(16)15(2)7-9/h5-6,9H,3-4,7H2,1-2H3,(H,13,14). The molecule has 2 rings (SSSR count). The molecule has 1 aromatic heterocycles. The van der Waals surface area contributed by atoms with Gasteiger partial charge in [-0.25, -0.2) is 0 Å². The molecule has 16 heavy (non-hydrogen) atoms. The molecule has 86 valence electrons. The summed E-state index contributed by atoms with van der Waals surface area (Å²) in [5.41, 5.74) is 1.08. The average molecular weight is 220 g/mol. The van der Waals surface area contributed by atoms with Crippen LogP contribution in [0.4, 0.5) is 5.82 Å². The number of carbonyl (C=O) groups excluding carboxylic acids is 1. The molecule has 2 heterocycles. The van der Waals surface area contributed by atoms with Crippen molar-refractivity contribution in [2.24, 2.45) is 0 Å². The number of nitrogens with zero attached hydrogens (tertiary/aromatic N) is 3. The van der Waals surface area contributed by atoms with Gasteiger partial charge in [0.2, 0.25) is 5.91 Å². The van der Waals surface area contributed by atoms with Crippen LogP contribution in [0.15, 0.2) is 12.3 Å². The summed E-state index contributed by atoms with van der Waals surface area (Å²) >= 11 is 0. The van der Waals surface area contributed by atoms with Crippen LogP contribution in [-0.2, 0) is 4.79 Å². The molecule has 1 atom stereocenters. The fraction of sp³-hybridized carbons (Fsp3) is 0.545. The summed E-state index contributed by atoms with van der Waals surface area (Å²) in [6.07, 6.45) is 3.19. The number of nitrogens with one attached hydrogen (secondary N) is 1. The second-order valence-electron chi connectivity index (χ2n) is 4.27. The third-order valence-electron chi connectivity index (χ3n) is 2.77. The molecule has 1 N–H and O–H groups in total. The van der Waals surface area contributed by atoms with Crippen molar-refractivity contribution < 1.29 is 4.79 Å². The van der Waals surface area contributed by atoms with E-state index in [0.29, 0.717) is 6.42 Å². The van der Waals surface area contributed by atoms with Gasteiger partial charge in [0, 0.05) is 26.1 Å². The average Bonchev–Trinajstić information content (AvgIpc) is 2.24. The quantitative estimate of drug-likeness (QED) is 0.801. The number of hydrogen-bond acceptors (Lipinski definition) is 4. The molecule has 1 aliphatic rings.